The van der Waals surface area contributed by atoms with E-state index in [0.29, 0.717) is 16.1 Å². The summed E-state index contributed by atoms with van der Waals surface area (Å²) in [6, 6.07) is 7.14. The van der Waals surface area contributed by atoms with E-state index in [1.54, 1.807) is 12.1 Å². The zero-order valence-electron chi connectivity index (χ0n) is 10.7. The second-order valence-electron chi connectivity index (χ2n) is 3.97. The van der Waals surface area contributed by atoms with Crippen LogP contribution >= 0.6 is 11.6 Å². The van der Waals surface area contributed by atoms with Crippen molar-refractivity contribution in [2.24, 2.45) is 0 Å². The van der Waals surface area contributed by atoms with Gasteiger partial charge in [0, 0.05) is 11.1 Å². The van der Waals surface area contributed by atoms with Crippen molar-refractivity contribution in [3.05, 3.63) is 58.5 Å². The van der Waals surface area contributed by atoms with E-state index >= 15 is 0 Å². The summed E-state index contributed by atoms with van der Waals surface area (Å²) in [6.45, 7) is -0.269. The number of hydrogen-bond donors (Lipinski definition) is 2. The van der Waals surface area contributed by atoms with Gasteiger partial charge in [-0.05, 0) is 30.3 Å². The minimum absolute atomic E-state index is 0.238. The monoisotopic (exact) mass is 304 g/mol. The van der Waals surface area contributed by atoms with Gasteiger partial charge < -0.3 is 10.4 Å². The summed E-state index contributed by atoms with van der Waals surface area (Å²) in [5.41, 5.74) is 0.836. The number of pyridine rings is 1. The molecule has 0 aliphatic carbocycles. The predicted octanol–water partition coefficient (Wildman–Crippen LogP) is 2.47. The van der Waals surface area contributed by atoms with Crippen LogP contribution in [0.3, 0.4) is 0 Å². The molecule has 2 aromatic rings. The Bertz CT molecular complexity index is 721. The maximum atomic E-state index is 12.7. The minimum atomic E-state index is -0.483. The van der Waals surface area contributed by atoms with Gasteiger partial charge in [0.1, 0.15) is 18.2 Å². The van der Waals surface area contributed by atoms with Gasteiger partial charge in [-0.25, -0.2) is 9.37 Å². The van der Waals surface area contributed by atoms with Crippen LogP contribution in [-0.2, 0) is 0 Å². The van der Waals surface area contributed by atoms with E-state index < -0.39 is 11.7 Å². The van der Waals surface area contributed by atoms with E-state index in [-0.39, 0.29) is 12.4 Å². The first kappa shape index (κ1) is 15.0. The molecule has 0 unspecified atom stereocenters. The number of amides is 1. The molecule has 0 atom stereocenters. The Morgan fingerprint density at radius 2 is 2.19 bits per heavy atom. The number of rotatable bonds is 2. The molecule has 6 heteroatoms. The van der Waals surface area contributed by atoms with E-state index in [0.717, 1.165) is 6.20 Å². The largest absolute Gasteiger partial charge is 0.384 e. The summed E-state index contributed by atoms with van der Waals surface area (Å²) in [4.78, 5) is 15.7. The third-order valence-electron chi connectivity index (χ3n) is 2.50. The Kier molecular flexibility index (Phi) is 4.88. The normalized spacial score (nSPS) is 9.67. The molecular formula is C15H10ClFN2O2. The number of anilines is 1. The first-order chi connectivity index (χ1) is 10.1. The van der Waals surface area contributed by atoms with Crippen LogP contribution < -0.4 is 5.32 Å². The van der Waals surface area contributed by atoms with Gasteiger partial charge in [-0.2, -0.15) is 0 Å². The van der Waals surface area contributed by atoms with Crippen LogP contribution in [0.4, 0.5) is 10.2 Å². The molecule has 0 aliphatic rings. The Labute approximate surface area is 125 Å². The fourth-order valence-electron chi connectivity index (χ4n) is 1.53. The van der Waals surface area contributed by atoms with Gasteiger partial charge in [0.15, 0.2) is 0 Å². The van der Waals surface area contributed by atoms with Crippen molar-refractivity contribution in [1.29, 1.82) is 0 Å². The van der Waals surface area contributed by atoms with Crippen molar-refractivity contribution in [1.82, 2.24) is 4.98 Å². The molecule has 2 rings (SSSR count). The molecule has 0 spiro atoms. The molecule has 0 fully saturated rings. The maximum absolute atomic E-state index is 12.7. The molecule has 4 nitrogen and oxygen atoms in total. The molecule has 21 heavy (non-hydrogen) atoms. The number of aromatic nitrogens is 1. The van der Waals surface area contributed by atoms with Crippen LogP contribution in [0.25, 0.3) is 0 Å². The number of hydrogen-bond acceptors (Lipinski definition) is 3. The predicted molar refractivity (Wildman–Crippen MR) is 77.6 cm³/mol. The molecule has 0 radical (unpaired) electrons. The summed E-state index contributed by atoms with van der Waals surface area (Å²) >= 11 is 6.00. The topological polar surface area (TPSA) is 62.2 Å². The zero-order valence-corrected chi connectivity index (χ0v) is 11.5. The molecule has 2 N–H and O–H groups in total. The molecule has 1 aromatic carbocycles. The van der Waals surface area contributed by atoms with Crippen LogP contribution in [0.1, 0.15) is 15.9 Å². The number of benzene rings is 1. The Morgan fingerprint density at radius 3 is 2.81 bits per heavy atom. The van der Waals surface area contributed by atoms with Gasteiger partial charge >= 0.3 is 0 Å². The smallest absolute Gasteiger partial charge is 0.256 e. The lowest BCUT2D eigenvalue weighted by molar-refractivity contribution is 0.102. The van der Waals surface area contributed by atoms with Crippen molar-refractivity contribution in [3.8, 4) is 11.8 Å². The van der Waals surface area contributed by atoms with E-state index in [1.165, 1.54) is 18.2 Å². The van der Waals surface area contributed by atoms with Crippen molar-refractivity contribution < 1.29 is 14.3 Å². The highest BCUT2D eigenvalue weighted by atomic mass is 35.5. The van der Waals surface area contributed by atoms with Crippen LogP contribution in [0.2, 0.25) is 5.02 Å². The second kappa shape index (κ2) is 6.84. The number of nitrogens with one attached hydrogen (secondary N) is 1. The average molecular weight is 305 g/mol. The molecule has 0 bridgehead atoms. The number of nitrogens with zero attached hydrogens (tertiary/aromatic N) is 1. The Morgan fingerprint density at radius 1 is 1.38 bits per heavy atom. The van der Waals surface area contributed by atoms with E-state index in [1.807, 2.05) is 0 Å². The van der Waals surface area contributed by atoms with E-state index in [2.05, 4.69) is 22.1 Å². The lowest BCUT2D eigenvalue weighted by Gasteiger charge is -2.05. The first-order valence-corrected chi connectivity index (χ1v) is 6.30. The Hall–Kier alpha value is -2.42. The van der Waals surface area contributed by atoms with Gasteiger partial charge in [-0.15, -0.1) is 0 Å². The highest BCUT2D eigenvalue weighted by molar-refractivity contribution is 6.32. The lowest BCUT2D eigenvalue weighted by atomic mass is 10.1. The highest BCUT2D eigenvalue weighted by Crippen LogP contribution is 2.18. The first-order valence-electron chi connectivity index (χ1n) is 5.92. The summed E-state index contributed by atoms with van der Waals surface area (Å²) in [5, 5.41) is 11.5. The number of aliphatic hydroxyl groups is 1. The summed E-state index contributed by atoms with van der Waals surface area (Å²) < 4.78 is 12.7. The zero-order chi connectivity index (χ0) is 15.2. The Balaban J connectivity index is 2.16. The molecule has 1 amide bonds. The van der Waals surface area contributed by atoms with E-state index in [9.17, 15) is 9.18 Å². The van der Waals surface area contributed by atoms with Gasteiger partial charge in [0.2, 0.25) is 0 Å². The summed E-state index contributed by atoms with van der Waals surface area (Å²) in [5.74, 6) is 4.48. The highest BCUT2D eigenvalue weighted by Gasteiger charge is 2.09. The second-order valence-corrected chi connectivity index (χ2v) is 4.38. The fourth-order valence-corrected chi connectivity index (χ4v) is 1.76. The maximum Gasteiger partial charge on any atom is 0.256 e. The van der Waals surface area contributed by atoms with Crippen LogP contribution in [0, 0.1) is 17.7 Å². The number of aliphatic hydroxyl groups excluding tert-OH is 1. The molecule has 0 saturated heterocycles. The van der Waals surface area contributed by atoms with Crippen LogP contribution in [0.15, 0.2) is 36.5 Å². The molecule has 1 heterocycles. The fraction of sp³-hybridized carbons (Fsp3) is 0.0667. The van der Waals surface area contributed by atoms with Gasteiger partial charge in [-0.3, -0.25) is 4.79 Å². The van der Waals surface area contributed by atoms with Gasteiger partial charge in [0.05, 0.1) is 11.2 Å². The molecule has 0 aliphatic heterocycles. The van der Waals surface area contributed by atoms with Crippen molar-refractivity contribution in [3.63, 3.8) is 0 Å². The van der Waals surface area contributed by atoms with Crippen molar-refractivity contribution in [2.75, 3.05) is 11.9 Å². The third-order valence-corrected chi connectivity index (χ3v) is 2.82. The van der Waals surface area contributed by atoms with Gasteiger partial charge in [-0.1, -0.05) is 23.4 Å². The minimum Gasteiger partial charge on any atom is -0.384 e. The summed E-state index contributed by atoms with van der Waals surface area (Å²) in [6.07, 6.45) is 1.01. The average Bonchev–Trinajstić information content (AvgIpc) is 2.48. The number of carbonyl (C=O) groups excluding carboxylic acids is 1. The molecule has 1 aromatic heterocycles. The van der Waals surface area contributed by atoms with Crippen LogP contribution in [-0.4, -0.2) is 22.6 Å². The molecule has 106 valence electrons. The quantitative estimate of drug-likeness (QED) is 0.838. The lowest BCUT2D eigenvalue weighted by Crippen LogP contribution is -2.13. The van der Waals surface area contributed by atoms with E-state index in [4.69, 9.17) is 16.7 Å². The van der Waals surface area contributed by atoms with Crippen LogP contribution in [0.5, 0.6) is 0 Å². The molecular weight excluding hydrogens is 295 g/mol. The van der Waals surface area contributed by atoms with Crippen molar-refractivity contribution in [2.45, 2.75) is 0 Å². The third kappa shape index (κ3) is 4.02. The number of carbonyl (C=O) groups is 1. The summed E-state index contributed by atoms with van der Waals surface area (Å²) in [7, 11) is 0. The standard InChI is InChI=1S/C15H10ClFN2O2/c16-13-8-11(4-3-10(13)2-1-7-20)15(21)19-14-6-5-12(17)9-18-14/h3-6,8-9,20H,7H2,(H,18,19,21). The van der Waals surface area contributed by atoms with Gasteiger partial charge in [0.25, 0.3) is 5.91 Å². The SMILES string of the molecule is O=C(Nc1ccc(F)cn1)c1ccc(C#CCO)c(Cl)c1. The molecule has 0 saturated carbocycles. The van der Waals surface area contributed by atoms with Crippen molar-refractivity contribution >= 4 is 23.3 Å². The number of halogens is 2.